The average molecular weight is 269 g/mol. The summed E-state index contributed by atoms with van der Waals surface area (Å²) < 4.78 is 39.2. The quantitative estimate of drug-likeness (QED) is 0.907. The summed E-state index contributed by atoms with van der Waals surface area (Å²) in [6.07, 6.45) is -3.43. The van der Waals surface area contributed by atoms with Gasteiger partial charge in [-0.1, -0.05) is 13.0 Å². The number of rotatable bonds is 2. The highest BCUT2D eigenvalue weighted by Crippen LogP contribution is 2.37. The number of hydrogen-bond acceptors (Lipinski definition) is 2. The molecule has 3 nitrogen and oxygen atoms in total. The normalized spacial score (nSPS) is 11.8. The maximum Gasteiger partial charge on any atom is 0.417 e. The highest BCUT2D eigenvalue weighted by Gasteiger charge is 2.37. The van der Waals surface area contributed by atoms with Crippen molar-refractivity contribution in [2.45, 2.75) is 19.5 Å². The van der Waals surface area contributed by atoms with Gasteiger partial charge in [0.15, 0.2) is 0 Å². The first-order chi connectivity index (χ1) is 8.84. The lowest BCUT2D eigenvalue weighted by Crippen LogP contribution is -2.14. The summed E-state index contributed by atoms with van der Waals surface area (Å²) in [7, 11) is 0. The van der Waals surface area contributed by atoms with Crippen LogP contribution in [-0.2, 0) is 12.6 Å². The van der Waals surface area contributed by atoms with Gasteiger partial charge in [-0.15, -0.1) is 0 Å². The minimum absolute atomic E-state index is 0.134. The summed E-state index contributed by atoms with van der Waals surface area (Å²) in [4.78, 5) is 14.7. The molecule has 1 aromatic carbocycles. The molecule has 0 aliphatic heterocycles. The van der Waals surface area contributed by atoms with E-state index in [1.807, 2.05) is 6.92 Å². The third-order valence-electron chi connectivity index (χ3n) is 2.85. The van der Waals surface area contributed by atoms with E-state index in [-0.39, 0.29) is 10.9 Å². The van der Waals surface area contributed by atoms with Crippen molar-refractivity contribution >= 4 is 16.9 Å². The maximum atomic E-state index is 13.1. The zero-order valence-electron chi connectivity index (χ0n) is 9.95. The van der Waals surface area contributed by atoms with Crippen LogP contribution in [0.2, 0.25) is 0 Å². The van der Waals surface area contributed by atoms with Gasteiger partial charge in [-0.2, -0.15) is 13.2 Å². The lowest BCUT2D eigenvalue weighted by atomic mass is 10.0. The van der Waals surface area contributed by atoms with Gasteiger partial charge in [0.2, 0.25) is 0 Å². The van der Waals surface area contributed by atoms with Gasteiger partial charge in [0.25, 0.3) is 0 Å². The molecule has 1 aromatic heterocycles. The summed E-state index contributed by atoms with van der Waals surface area (Å²) in [6.45, 7) is 1.81. The van der Waals surface area contributed by atoms with Crippen LogP contribution in [0.15, 0.2) is 24.4 Å². The van der Waals surface area contributed by atoms with E-state index in [0.29, 0.717) is 12.0 Å². The molecule has 19 heavy (non-hydrogen) atoms. The summed E-state index contributed by atoms with van der Waals surface area (Å²) >= 11 is 0. The summed E-state index contributed by atoms with van der Waals surface area (Å²) in [5.41, 5.74) is -1.13. The molecule has 0 radical (unpaired) electrons. The summed E-state index contributed by atoms with van der Waals surface area (Å²) in [6, 6.07) is 4.49. The van der Waals surface area contributed by atoms with E-state index in [0.717, 1.165) is 6.20 Å². The molecule has 0 unspecified atom stereocenters. The van der Waals surface area contributed by atoms with Crippen molar-refractivity contribution in [3.05, 3.63) is 41.1 Å². The molecule has 2 aromatic rings. The van der Waals surface area contributed by atoms with Crippen LogP contribution >= 0.6 is 0 Å². The number of carbonyl (C=O) groups is 1. The van der Waals surface area contributed by atoms with Gasteiger partial charge in [-0.25, -0.2) is 4.79 Å². The van der Waals surface area contributed by atoms with Gasteiger partial charge in [0.05, 0.1) is 16.6 Å². The predicted molar refractivity (Wildman–Crippen MR) is 63.1 cm³/mol. The molecule has 0 aliphatic carbocycles. The van der Waals surface area contributed by atoms with E-state index in [4.69, 9.17) is 5.11 Å². The number of aromatic carboxylic acids is 1. The van der Waals surface area contributed by atoms with Gasteiger partial charge >= 0.3 is 12.1 Å². The van der Waals surface area contributed by atoms with E-state index in [9.17, 15) is 18.0 Å². The number of alkyl halides is 3. The third-order valence-corrected chi connectivity index (χ3v) is 2.85. The second-order valence-corrected chi connectivity index (χ2v) is 4.05. The molecule has 0 saturated heterocycles. The Morgan fingerprint density at radius 3 is 2.58 bits per heavy atom. The topological polar surface area (TPSA) is 50.2 Å². The molecule has 0 saturated carbocycles. The van der Waals surface area contributed by atoms with E-state index in [1.54, 1.807) is 6.07 Å². The van der Waals surface area contributed by atoms with Crippen LogP contribution in [0.4, 0.5) is 13.2 Å². The molecule has 0 bridgehead atoms. The minimum atomic E-state index is -4.73. The monoisotopic (exact) mass is 269 g/mol. The Kier molecular flexibility index (Phi) is 3.18. The molecule has 6 heteroatoms. The molecule has 0 aliphatic rings. The fourth-order valence-electron chi connectivity index (χ4n) is 1.93. The van der Waals surface area contributed by atoms with Crippen molar-refractivity contribution in [1.82, 2.24) is 4.98 Å². The van der Waals surface area contributed by atoms with Crippen molar-refractivity contribution in [3.63, 3.8) is 0 Å². The number of pyridine rings is 1. The second kappa shape index (κ2) is 4.53. The molecule has 2 rings (SSSR count). The Balaban J connectivity index is 2.89. The van der Waals surface area contributed by atoms with Gasteiger partial charge in [-0.3, -0.25) is 4.98 Å². The number of aryl methyl sites for hydroxylation is 1. The summed E-state index contributed by atoms with van der Waals surface area (Å²) in [5, 5.41) is 8.70. The molecule has 0 spiro atoms. The number of halogens is 3. The van der Waals surface area contributed by atoms with E-state index >= 15 is 0 Å². The average Bonchev–Trinajstić information content (AvgIpc) is 2.35. The molecular formula is C13H10F3NO2. The van der Waals surface area contributed by atoms with Gasteiger partial charge in [0.1, 0.15) is 0 Å². The molecule has 1 heterocycles. The molecule has 1 N–H and O–H groups in total. The number of fused-ring (bicyclic) bond motifs is 1. The van der Waals surface area contributed by atoms with Crippen molar-refractivity contribution in [2.24, 2.45) is 0 Å². The third kappa shape index (κ3) is 2.38. The number of hydrogen-bond donors (Lipinski definition) is 1. The Hall–Kier alpha value is -2.11. The number of carboxylic acid groups (broad SMARTS) is 1. The van der Waals surface area contributed by atoms with E-state index < -0.39 is 23.3 Å². The van der Waals surface area contributed by atoms with Gasteiger partial charge in [-0.05, 0) is 24.1 Å². The van der Waals surface area contributed by atoms with Gasteiger partial charge in [0, 0.05) is 11.6 Å². The van der Waals surface area contributed by atoms with Crippen LogP contribution in [0.3, 0.4) is 0 Å². The summed E-state index contributed by atoms with van der Waals surface area (Å²) in [5.74, 6) is -1.64. The van der Waals surface area contributed by atoms with Crippen LogP contribution in [0.25, 0.3) is 10.9 Å². The van der Waals surface area contributed by atoms with Crippen LogP contribution in [0, 0.1) is 0 Å². The van der Waals surface area contributed by atoms with Crippen LogP contribution in [0.1, 0.15) is 28.4 Å². The minimum Gasteiger partial charge on any atom is -0.478 e. The second-order valence-electron chi connectivity index (χ2n) is 4.05. The van der Waals surface area contributed by atoms with Crippen molar-refractivity contribution in [1.29, 1.82) is 0 Å². The standard InChI is InChI=1S/C13H10F3NO2/c1-2-7-3-4-10-8(5-7)11(13(14,15)16)9(6-17-10)12(18)19/h3-6H,2H2,1H3,(H,18,19). The molecule has 0 atom stereocenters. The lowest BCUT2D eigenvalue weighted by Gasteiger charge is -2.13. The van der Waals surface area contributed by atoms with Crippen LogP contribution in [-0.4, -0.2) is 16.1 Å². The van der Waals surface area contributed by atoms with Crippen LogP contribution < -0.4 is 0 Å². The van der Waals surface area contributed by atoms with Crippen LogP contribution in [0.5, 0.6) is 0 Å². The zero-order chi connectivity index (χ0) is 14.2. The lowest BCUT2D eigenvalue weighted by molar-refractivity contribution is -0.136. The van der Waals surface area contributed by atoms with Crippen molar-refractivity contribution in [3.8, 4) is 0 Å². The first-order valence-corrected chi connectivity index (χ1v) is 5.56. The van der Waals surface area contributed by atoms with Crippen molar-refractivity contribution < 1.29 is 23.1 Å². The highest BCUT2D eigenvalue weighted by atomic mass is 19.4. The first kappa shape index (κ1) is 13.3. The largest absolute Gasteiger partial charge is 0.478 e. The predicted octanol–water partition coefficient (Wildman–Crippen LogP) is 3.51. The molecule has 0 fully saturated rings. The SMILES string of the molecule is CCc1ccc2ncc(C(=O)O)c(C(F)(F)F)c2c1. The Bertz CT molecular complexity index is 650. The smallest absolute Gasteiger partial charge is 0.417 e. The zero-order valence-corrected chi connectivity index (χ0v) is 9.95. The fourth-order valence-corrected chi connectivity index (χ4v) is 1.93. The molecular weight excluding hydrogens is 259 g/mol. The first-order valence-electron chi connectivity index (χ1n) is 5.56. The number of benzene rings is 1. The Labute approximate surface area is 106 Å². The number of aromatic nitrogens is 1. The number of carboxylic acids is 1. The Morgan fingerprint density at radius 1 is 1.37 bits per heavy atom. The molecule has 100 valence electrons. The Morgan fingerprint density at radius 2 is 2.05 bits per heavy atom. The fraction of sp³-hybridized carbons (Fsp3) is 0.231. The van der Waals surface area contributed by atoms with Crippen molar-refractivity contribution in [2.75, 3.05) is 0 Å². The molecule has 0 amide bonds. The number of nitrogens with zero attached hydrogens (tertiary/aromatic N) is 1. The van der Waals surface area contributed by atoms with Gasteiger partial charge < -0.3 is 5.11 Å². The highest BCUT2D eigenvalue weighted by molar-refractivity contribution is 5.96. The maximum absolute atomic E-state index is 13.1. The van der Waals surface area contributed by atoms with E-state index in [2.05, 4.69) is 4.98 Å². The van der Waals surface area contributed by atoms with E-state index in [1.165, 1.54) is 12.1 Å².